The molecular weight excluding hydrogens is 220 g/mol. The lowest BCUT2D eigenvalue weighted by atomic mass is 10.4. The number of ether oxygens (including phenoxy) is 1. The summed E-state index contributed by atoms with van der Waals surface area (Å²) in [5.74, 6) is 1.77. The molecule has 0 saturated carbocycles. The maximum absolute atomic E-state index is 5.44. The van der Waals surface area contributed by atoms with E-state index in [0.717, 1.165) is 5.69 Å². The van der Waals surface area contributed by atoms with Crippen LogP contribution in [0.3, 0.4) is 0 Å². The molecule has 2 rings (SSSR count). The molecule has 2 heterocycles. The second-order valence-corrected chi connectivity index (χ2v) is 3.50. The molecule has 0 fully saturated rings. The van der Waals surface area contributed by atoms with E-state index in [4.69, 9.17) is 10.5 Å². The molecule has 0 saturated heterocycles. The number of nitrogens with one attached hydrogen (secondary N) is 1. The summed E-state index contributed by atoms with van der Waals surface area (Å²) >= 11 is 0. The van der Waals surface area contributed by atoms with Crippen LogP contribution in [0.4, 0.5) is 11.6 Å². The second-order valence-electron chi connectivity index (χ2n) is 3.50. The smallest absolute Gasteiger partial charge is 0.211 e. The third-order valence-corrected chi connectivity index (χ3v) is 2.23. The van der Waals surface area contributed by atoms with Crippen LogP contribution in [0, 0.1) is 0 Å². The van der Waals surface area contributed by atoms with Gasteiger partial charge in [0, 0.05) is 13.1 Å². The van der Waals surface area contributed by atoms with Gasteiger partial charge >= 0.3 is 0 Å². The Morgan fingerprint density at radius 1 is 1.41 bits per heavy atom. The summed E-state index contributed by atoms with van der Waals surface area (Å²) < 4.78 is 6.79. The Labute approximate surface area is 98.6 Å². The average molecular weight is 234 g/mol. The third kappa shape index (κ3) is 2.63. The van der Waals surface area contributed by atoms with Crippen LogP contribution in [0.2, 0.25) is 0 Å². The molecule has 7 heteroatoms. The van der Waals surface area contributed by atoms with Crippen molar-refractivity contribution < 1.29 is 4.74 Å². The summed E-state index contributed by atoms with van der Waals surface area (Å²) in [6.45, 7) is 0.551. The van der Waals surface area contributed by atoms with E-state index in [1.807, 2.05) is 13.1 Å². The van der Waals surface area contributed by atoms with Gasteiger partial charge in [-0.3, -0.25) is 0 Å². The minimum atomic E-state index is 0.398. The second kappa shape index (κ2) is 4.69. The Morgan fingerprint density at radius 2 is 2.24 bits per heavy atom. The van der Waals surface area contributed by atoms with Gasteiger partial charge in [0.25, 0.3) is 0 Å². The molecule has 17 heavy (non-hydrogen) atoms. The zero-order valence-corrected chi connectivity index (χ0v) is 9.71. The van der Waals surface area contributed by atoms with Crippen molar-refractivity contribution in [1.29, 1.82) is 0 Å². The minimum absolute atomic E-state index is 0.398. The Morgan fingerprint density at radius 3 is 2.82 bits per heavy atom. The molecule has 0 aromatic carbocycles. The number of aromatic nitrogens is 4. The van der Waals surface area contributed by atoms with Crippen molar-refractivity contribution in [1.82, 2.24) is 20.0 Å². The molecule has 0 aliphatic heterocycles. The first-order valence-corrected chi connectivity index (χ1v) is 5.09. The number of rotatable bonds is 4. The molecule has 0 radical (unpaired) electrons. The number of anilines is 2. The molecule has 0 aliphatic rings. The lowest BCUT2D eigenvalue weighted by Gasteiger charge is -2.01. The number of hydrogen-bond donors (Lipinski definition) is 2. The van der Waals surface area contributed by atoms with Gasteiger partial charge in [-0.05, 0) is 12.1 Å². The zero-order chi connectivity index (χ0) is 12.3. The molecule has 90 valence electrons. The van der Waals surface area contributed by atoms with E-state index < -0.39 is 0 Å². The molecule has 7 nitrogen and oxygen atoms in total. The van der Waals surface area contributed by atoms with Crippen molar-refractivity contribution >= 4 is 11.6 Å². The van der Waals surface area contributed by atoms with Crippen LogP contribution < -0.4 is 15.8 Å². The maximum Gasteiger partial charge on any atom is 0.211 e. The van der Waals surface area contributed by atoms with Gasteiger partial charge in [0.15, 0.2) is 0 Å². The number of aryl methyl sites for hydroxylation is 1. The van der Waals surface area contributed by atoms with Crippen LogP contribution in [0.1, 0.15) is 5.69 Å². The molecule has 2 aromatic rings. The first-order chi connectivity index (χ1) is 8.19. The SMILES string of the molecule is COc1cc(CNc2ccc(N)nn2)nn1C. The van der Waals surface area contributed by atoms with Crippen molar-refractivity contribution in [2.75, 3.05) is 18.2 Å². The standard InChI is InChI=1S/C10H14N6O/c1-16-10(17-2)5-7(15-16)6-12-9-4-3-8(11)13-14-9/h3-5H,6H2,1-2H3,(H2,11,13)(H,12,14). The fraction of sp³-hybridized carbons (Fsp3) is 0.300. The first-order valence-electron chi connectivity index (χ1n) is 5.09. The van der Waals surface area contributed by atoms with Gasteiger partial charge in [-0.15, -0.1) is 10.2 Å². The predicted molar refractivity (Wildman–Crippen MR) is 63.5 cm³/mol. The fourth-order valence-electron chi connectivity index (χ4n) is 1.40. The van der Waals surface area contributed by atoms with Crippen molar-refractivity contribution in [3.05, 3.63) is 23.9 Å². The van der Waals surface area contributed by atoms with Gasteiger partial charge in [-0.2, -0.15) is 5.10 Å². The highest BCUT2D eigenvalue weighted by molar-refractivity contribution is 5.38. The third-order valence-electron chi connectivity index (χ3n) is 2.23. The van der Waals surface area contributed by atoms with Crippen LogP contribution in [-0.2, 0) is 13.6 Å². The fourth-order valence-corrected chi connectivity index (χ4v) is 1.40. The number of nitrogen functional groups attached to an aromatic ring is 1. The lowest BCUT2D eigenvalue weighted by Crippen LogP contribution is -2.04. The maximum atomic E-state index is 5.44. The molecule has 0 unspecified atom stereocenters. The van der Waals surface area contributed by atoms with Crippen molar-refractivity contribution in [2.45, 2.75) is 6.54 Å². The van der Waals surface area contributed by atoms with Gasteiger partial charge in [-0.1, -0.05) is 0 Å². The van der Waals surface area contributed by atoms with Gasteiger partial charge in [0.1, 0.15) is 11.6 Å². The molecule has 3 N–H and O–H groups in total. The zero-order valence-electron chi connectivity index (χ0n) is 9.71. The van der Waals surface area contributed by atoms with Gasteiger partial charge in [-0.25, -0.2) is 4.68 Å². The highest BCUT2D eigenvalue weighted by Gasteiger charge is 2.04. The lowest BCUT2D eigenvalue weighted by molar-refractivity contribution is 0.373. The van der Waals surface area contributed by atoms with Crippen LogP contribution in [0.25, 0.3) is 0 Å². The number of methoxy groups -OCH3 is 1. The van der Waals surface area contributed by atoms with Crippen molar-refractivity contribution in [3.8, 4) is 5.88 Å². The Hall–Kier alpha value is -2.31. The predicted octanol–water partition coefficient (Wildman–Crippen LogP) is 0.413. The molecule has 0 bridgehead atoms. The van der Waals surface area contributed by atoms with E-state index >= 15 is 0 Å². The van der Waals surface area contributed by atoms with E-state index in [-0.39, 0.29) is 0 Å². The molecule has 0 aliphatic carbocycles. The minimum Gasteiger partial charge on any atom is -0.481 e. The van der Waals surface area contributed by atoms with E-state index in [0.29, 0.717) is 24.1 Å². The molecule has 0 spiro atoms. The number of nitrogens with zero attached hydrogens (tertiary/aromatic N) is 4. The summed E-state index contributed by atoms with van der Waals surface area (Å²) in [4.78, 5) is 0. The number of hydrogen-bond acceptors (Lipinski definition) is 6. The monoisotopic (exact) mass is 234 g/mol. The van der Waals surface area contributed by atoms with E-state index in [1.54, 1.807) is 23.9 Å². The topological polar surface area (TPSA) is 90.9 Å². The summed E-state index contributed by atoms with van der Waals surface area (Å²) in [6, 6.07) is 5.31. The van der Waals surface area contributed by atoms with Gasteiger partial charge in [0.05, 0.1) is 19.3 Å². The van der Waals surface area contributed by atoms with Crippen LogP contribution in [0.5, 0.6) is 5.88 Å². The quantitative estimate of drug-likeness (QED) is 0.796. The summed E-state index contributed by atoms with van der Waals surface area (Å²) in [5.41, 5.74) is 6.31. The first kappa shape index (κ1) is 11.2. The number of nitrogens with two attached hydrogens (primary N) is 1. The Bertz CT molecular complexity index is 492. The average Bonchev–Trinajstić information content (AvgIpc) is 2.69. The van der Waals surface area contributed by atoms with E-state index in [9.17, 15) is 0 Å². The van der Waals surface area contributed by atoms with Crippen molar-refractivity contribution in [3.63, 3.8) is 0 Å². The van der Waals surface area contributed by atoms with Crippen molar-refractivity contribution in [2.24, 2.45) is 7.05 Å². The Kier molecular flexibility index (Phi) is 3.08. The van der Waals surface area contributed by atoms with Crippen LogP contribution in [0.15, 0.2) is 18.2 Å². The van der Waals surface area contributed by atoms with Gasteiger partial charge in [0.2, 0.25) is 5.88 Å². The largest absolute Gasteiger partial charge is 0.481 e. The normalized spacial score (nSPS) is 10.2. The van der Waals surface area contributed by atoms with Gasteiger partial charge < -0.3 is 15.8 Å². The summed E-state index contributed by atoms with van der Waals surface area (Å²) in [7, 11) is 3.44. The highest BCUT2D eigenvalue weighted by atomic mass is 16.5. The highest BCUT2D eigenvalue weighted by Crippen LogP contribution is 2.12. The Balaban J connectivity index is 1.99. The summed E-state index contributed by atoms with van der Waals surface area (Å²) in [6.07, 6.45) is 0. The molecule has 0 atom stereocenters. The van der Waals surface area contributed by atoms with E-state index in [2.05, 4.69) is 20.6 Å². The molecular formula is C10H14N6O. The van der Waals surface area contributed by atoms with Crippen LogP contribution >= 0.6 is 0 Å². The van der Waals surface area contributed by atoms with Crippen LogP contribution in [-0.4, -0.2) is 27.1 Å². The molecule has 0 amide bonds. The van der Waals surface area contributed by atoms with E-state index in [1.165, 1.54) is 0 Å². The summed E-state index contributed by atoms with van der Waals surface area (Å²) in [5, 5.41) is 15.0. The molecule has 2 aromatic heterocycles.